The highest BCUT2D eigenvalue weighted by Gasteiger charge is 2.14. The van der Waals surface area contributed by atoms with Gasteiger partial charge in [-0.15, -0.1) is 0 Å². The number of nitrogens with zero attached hydrogens (tertiary/aromatic N) is 1. The first kappa shape index (κ1) is 9.66. The van der Waals surface area contributed by atoms with E-state index in [-0.39, 0.29) is 11.1 Å². The molecular weight excluding hydrogens is 172 g/mol. The minimum atomic E-state index is -0.617. The van der Waals surface area contributed by atoms with Gasteiger partial charge in [0.15, 0.2) is 0 Å². The second-order valence-corrected chi connectivity index (χ2v) is 2.93. The van der Waals surface area contributed by atoms with Crippen LogP contribution in [0.4, 0.5) is 8.78 Å². The van der Waals surface area contributed by atoms with Gasteiger partial charge >= 0.3 is 0 Å². The summed E-state index contributed by atoms with van der Waals surface area (Å²) in [6.45, 7) is 2.94. The number of benzene rings is 1. The number of hydrogen-bond donors (Lipinski definition) is 0. The fourth-order valence-corrected chi connectivity index (χ4v) is 1.09. The van der Waals surface area contributed by atoms with Gasteiger partial charge in [0.25, 0.3) is 0 Å². The van der Waals surface area contributed by atoms with Crippen LogP contribution >= 0.6 is 0 Å². The lowest BCUT2D eigenvalue weighted by molar-refractivity contribution is 0.555. The number of rotatable bonds is 1. The second kappa shape index (κ2) is 3.53. The quantitative estimate of drug-likeness (QED) is 0.653. The van der Waals surface area contributed by atoms with Crippen molar-refractivity contribution >= 4 is 0 Å². The van der Waals surface area contributed by atoms with Crippen molar-refractivity contribution in [2.24, 2.45) is 0 Å². The zero-order valence-corrected chi connectivity index (χ0v) is 7.44. The van der Waals surface area contributed by atoms with E-state index in [2.05, 4.69) is 0 Å². The second-order valence-electron chi connectivity index (χ2n) is 2.93. The van der Waals surface area contributed by atoms with Gasteiger partial charge < -0.3 is 0 Å². The molecule has 68 valence electrons. The molecule has 0 aliphatic heterocycles. The maximum absolute atomic E-state index is 13.3. The SMILES string of the molecule is Cc1c(F)ccc(C(C)C#N)c1F. The van der Waals surface area contributed by atoms with Gasteiger partial charge in [-0.2, -0.15) is 5.26 Å². The highest BCUT2D eigenvalue weighted by molar-refractivity contribution is 5.31. The molecule has 0 radical (unpaired) electrons. The smallest absolute Gasteiger partial charge is 0.133 e. The predicted molar refractivity (Wildman–Crippen MR) is 45.1 cm³/mol. The molecule has 1 aromatic rings. The van der Waals surface area contributed by atoms with Crippen LogP contribution in [0.1, 0.15) is 24.0 Å². The molecule has 0 spiro atoms. The third-order valence-electron chi connectivity index (χ3n) is 2.01. The van der Waals surface area contributed by atoms with Crippen LogP contribution in [0.2, 0.25) is 0 Å². The van der Waals surface area contributed by atoms with Gasteiger partial charge in [0.2, 0.25) is 0 Å². The van der Waals surface area contributed by atoms with Crippen molar-refractivity contribution in [1.82, 2.24) is 0 Å². The summed E-state index contributed by atoms with van der Waals surface area (Å²) in [6.07, 6.45) is 0. The van der Waals surface area contributed by atoms with Crippen LogP contribution in [-0.2, 0) is 0 Å². The Morgan fingerprint density at radius 3 is 2.54 bits per heavy atom. The minimum absolute atomic E-state index is 0.0281. The molecule has 0 saturated heterocycles. The van der Waals surface area contributed by atoms with Crippen LogP contribution in [0.15, 0.2) is 12.1 Å². The van der Waals surface area contributed by atoms with Crippen LogP contribution in [0.5, 0.6) is 0 Å². The predicted octanol–water partition coefficient (Wildman–Crippen LogP) is 2.90. The van der Waals surface area contributed by atoms with Gasteiger partial charge in [-0.25, -0.2) is 8.78 Å². The van der Waals surface area contributed by atoms with E-state index in [0.29, 0.717) is 0 Å². The lowest BCUT2D eigenvalue weighted by Crippen LogP contribution is -1.99. The van der Waals surface area contributed by atoms with E-state index in [0.717, 1.165) is 0 Å². The molecule has 0 heterocycles. The lowest BCUT2D eigenvalue weighted by Gasteiger charge is -2.07. The third kappa shape index (κ3) is 1.67. The summed E-state index contributed by atoms with van der Waals surface area (Å²) in [7, 11) is 0. The van der Waals surface area contributed by atoms with Crippen LogP contribution in [0.25, 0.3) is 0 Å². The zero-order valence-electron chi connectivity index (χ0n) is 7.44. The molecular formula is C10H9F2N. The Kier molecular flexibility index (Phi) is 2.62. The summed E-state index contributed by atoms with van der Waals surface area (Å²) in [6, 6.07) is 4.40. The maximum Gasteiger partial charge on any atom is 0.133 e. The molecule has 0 aliphatic rings. The first-order valence-electron chi connectivity index (χ1n) is 3.92. The summed E-state index contributed by atoms with van der Waals surface area (Å²) in [5.74, 6) is -1.74. The van der Waals surface area contributed by atoms with Crippen LogP contribution in [0, 0.1) is 29.9 Å². The number of hydrogen-bond acceptors (Lipinski definition) is 1. The molecule has 0 saturated carbocycles. The van der Waals surface area contributed by atoms with Crippen LogP contribution in [-0.4, -0.2) is 0 Å². The Balaban J connectivity index is 3.28. The van der Waals surface area contributed by atoms with E-state index in [1.165, 1.54) is 19.1 Å². The summed E-state index contributed by atoms with van der Waals surface area (Å²) < 4.78 is 26.1. The Hall–Kier alpha value is -1.43. The zero-order chi connectivity index (χ0) is 10.0. The van der Waals surface area contributed by atoms with Gasteiger partial charge in [0.1, 0.15) is 11.6 Å². The van der Waals surface area contributed by atoms with E-state index < -0.39 is 17.6 Å². The fraction of sp³-hybridized carbons (Fsp3) is 0.300. The Bertz CT molecular complexity index is 366. The third-order valence-corrected chi connectivity index (χ3v) is 2.01. The van der Waals surface area contributed by atoms with Crippen LogP contribution < -0.4 is 0 Å². The van der Waals surface area contributed by atoms with Crippen molar-refractivity contribution < 1.29 is 8.78 Å². The molecule has 0 N–H and O–H groups in total. The molecule has 1 unspecified atom stereocenters. The lowest BCUT2D eigenvalue weighted by atomic mass is 9.99. The molecule has 0 fully saturated rings. The van der Waals surface area contributed by atoms with E-state index in [1.54, 1.807) is 6.92 Å². The molecule has 1 aromatic carbocycles. The highest BCUT2D eigenvalue weighted by Crippen LogP contribution is 2.22. The van der Waals surface area contributed by atoms with E-state index in [1.807, 2.05) is 6.07 Å². The molecule has 0 amide bonds. The average Bonchev–Trinajstić information content (AvgIpc) is 2.13. The van der Waals surface area contributed by atoms with Crippen LogP contribution in [0.3, 0.4) is 0 Å². The molecule has 1 rings (SSSR count). The van der Waals surface area contributed by atoms with Crippen molar-refractivity contribution in [2.75, 3.05) is 0 Å². The Morgan fingerprint density at radius 2 is 2.00 bits per heavy atom. The largest absolute Gasteiger partial charge is 0.207 e. The monoisotopic (exact) mass is 181 g/mol. The summed E-state index contributed by atoms with van der Waals surface area (Å²) in [5, 5.41) is 8.56. The van der Waals surface area contributed by atoms with Crippen molar-refractivity contribution in [1.29, 1.82) is 5.26 Å². The number of nitriles is 1. The van der Waals surface area contributed by atoms with Gasteiger partial charge in [-0.3, -0.25) is 0 Å². The standard InChI is InChI=1S/C10H9F2N/c1-6(5-13)8-3-4-9(11)7(2)10(8)12/h3-4,6H,1-2H3. The first-order valence-corrected chi connectivity index (χ1v) is 3.92. The van der Waals surface area contributed by atoms with Gasteiger partial charge in [-0.1, -0.05) is 6.07 Å². The van der Waals surface area contributed by atoms with Crippen molar-refractivity contribution in [2.45, 2.75) is 19.8 Å². The summed E-state index contributed by atoms with van der Waals surface area (Å²) >= 11 is 0. The first-order chi connectivity index (χ1) is 6.07. The molecule has 0 bridgehead atoms. The van der Waals surface area contributed by atoms with E-state index in [4.69, 9.17) is 5.26 Å². The minimum Gasteiger partial charge on any atom is -0.207 e. The summed E-state index contributed by atoms with van der Waals surface area (Å²) in [4.78, 5) is 0. The highest BCUT2D eigenvalue weighted by atomic mass is 19.1. The topological polar surface area (TPSA) is 23.8 Å². The fourth-order valence-electron chi connectivity index (χ4n) is 1.09. The Labute approximate surface area is 75.6 Å². The van der Waals surface area contributed by atoms with Gasteiger partial charge in [-0.05, 0) is 19.9 Å². The molecule has 0 aliphatic carbocycles. The van der Waals surface area contributed by atoms with Crippen molar-refractivity contribution in [3.63, 3.8) is 0 Å². The molecule has 13 heavy (non-hydrogen) atoms. The molecule has 1 nitrogen and oxygen atoms in total. The van der Waals surface area contributed by atoms with Gasteiger partial charge in [0, 0.05) is 11.1 Å². The average molecular weight is 181 g/mol. The molecule has 0 aromatic heterocycles. The maximum atomic E-state index is 13.3. The normalized spacial score (nSPS) is 12.2. The number of halogens is 2. The van der Waals surface area contributed by atoms with E-state index >= 15 is 0 Å². The van der Waals surface area contributed by atoms with Crippen molar-refractivity contribution in [3.8, 4) is 6.07 Å². The summed E-state index contributed by atoms with van der Waals surface area (Å²) in [5.41, 5.74) is 0.223. The Morgan fingerprint density at radius 1 is 1.38 bits per heavy atom. The van der Waals surface area contributed by atoms with Crippen molar-refractivity contribution in [3.05, 3.63) is 34.9 Å². The van der Waals surface area contributed by atoms with E-state index in [9.17, 15) is 8.78 Å². The van der Waals surface area contributed by atoms with Gasteiger partial charge in [0.05, 0.1) is 12.0 Å². The molecule has 1 atom stereocenters. The molecule has 3 heteroatoms.